The van der Waals surface area contributed by atoms with Gasteiger partial charge in [-0.3, -0.25) is 20.4 Å². The Balaban J connectivity index is 1.62. The van der Waals surface area contributed by atoms with Crippen LogP contribution in [0.15, 0.2) is 45.6 Å². The Bertz CT molecular complexity index is 900. The van der Waals surface area contributed by atoms with Gasteiger partial charge in [0.1, 0.15) is 17.0 Å². The van der Waals surface area contributed by atoms with Crippen molar-refractivity contribution < 1.29 is 18.7 Å². The number of ether oxygens (including phenoxy) is 1. The molecule has 0 spiro atoms. The second-order valence-electron chi connectivity index (χ2n) is 5.03. The summed E-state index contributed by atoms with van der Waals surface area (Å²) in [5, 5.41) is 0.825. The molecule has 0 saturated heterocycles. The number of H-pyrrole nitrogens is 1. The highest BCUT2D eigenvalue weighted by atomic mass is 79.9. The van der Waals surface area contributed by atoms with E-state index >= 15 is 0 Å². The molecule has 0 saturated carbocycles. The van der Waals surface area contributed by atoms with Gasteiger partial charge in [-0.05, 0) is 34.1 Å². The number of aromatic amines is 1. The summed E-state index contributed by atoms with van der Waals surface area (Å²) < 4.78 is 11.3. The van der Waals surface area contributed by atoms with E-state index < -0.39 is 5.91 Å². The monoisotopic (exact) mass is 391 g/mol. The largest absolute Gasteiger partial charge is 0.497 e. The predicted molar refractivity (Wildman–Crippen MR) is 90.6 cm³/mol. The van der Waals surface area contributed by atoms with Crippen molar-refractivity contribution in [3.63, 3.8) is 0 Å². The normalized spacial score (nSPS) is 10.6. The molecule has 1 aromatic carbocycles. The Morgan fingerprint density at radius 3 is 2.83 bits per heavy atom. The van der Waals surface area contributed by atoms with Crippen molar-refractivity contribution in [3.8, 4) is 5.75 Å². The highest BCUT2D eigenvalue weighted by Gasteiger charge is 2.13. The van der Waals surface area contributed by atoms with Crippen LogP contribution >= 0.6 is 15.9 Å². The van der Waals surface area contributed by atoms with Crippen LogP contribution in [0.25, 0.3) is 11.0 Å². The van der Waals surface area contributed by atoms with Crippen molar-refractivity contribution in [2.75, 3.05) is 7.11 Å². The lowest BCUT2D eigenvalue weighted by Crippen LogP contribution is -2.42. The molecule has 2 aromatic heterocycles. The average Bonchev–Trinajstić information content (AvgIpc) is 3.19. The molecule has 0 aliphatic carbocycles. The van der Waals surface area contributed by atoms with Crippen LogP contribution in [0, 0.1) is 0 Å². The summed E-state index contributed by atoms with van der Waals surface area (Å²) in [4.78, 5) is 26.6. The van der Waals surface area contributed by atoms with Crippen LogP contribution < -0.4 is 15.6 Å². The molecule has 3 rings (SSSR count). The molecule has 24 heavy (non-hydrogen) atoms. The molecular weight excluding hydrogens is 378 g/mol. The van der Waals surface area contributed by atoms with E-state index in [1.165, 1.54) is 6.26 Å². The molecule has 0 fully saturated rings. The van der Waals surface area contributed by atoms with Gasteiger partial charge in [-0.15, -0.1) is 0 Å². The number of carbonyl (C=O) groups is 2. The van der Waals surface area contributed by atoms with Gasteiger partial charge in [0.05, 0.1) is 19.8 Å². The average molecular weight is 392 g/mol. The zero-order chi connectivity index (χ0) is 17.1. The molecule has 3 aromatic rings. The zero-order valence-corrected chi connectivity index (χ0v) is 14.3. The number of methoxy groups -OCH3 is 1. The lowest BCUT2D eigenvalue weighted by Gasteiger charge is -2.05. The number of benzene rings is 1. The van der Waals surface area contributed by atoms with E-state index in [0.29, 0.717) is 17.0 Å². The van der Waals surface area contributed by atoms with Gasteiger partial charge in [0.15, 0.2) is 0 Å². The second-order valence-corrected chi connectivity index (χ2v) is 5.95. The summed E-state index contributed by atoms with van der Waals surface area (Å²) in [5.74, 6) is -0.111. The van der Waals surface area contributed by atoms with E-state index in [0.717, 1.165) is 15.4 Å². The van der Waals surface area contributed by atoms with E-state index in [9.17, 15) is 9.59 Å². The van der Waals surface area contributed by atoms with Crippen LogP contribution in [-0.2, 0) is 11.2 Å². The molecule has 0 atom stereocenters. The summed E-state index contributed by atoms with van der Waals surface area (Å²) in [7, 11) is 1.57. The van der Waals surface area contributed by atoms with Gasteiger partial charge in [0, 0.05) is 27.7 Å². The number of furan rings is 1. The molecule has 124 valence electrons. The first-order valence-electron chi connectivity index (χ1n) is 7.04. The molecule has 2 amide bonds. The maximum Gasteiger partial charge on any atom is 0.286 e. The quantitative estimate of drug-likeness (QED) is 0.595. The molecule has 0 bridgehead atoms. The Kier molecular flexibility index (Phi) is 4.57. The predicted octanol–water partition coefficient (Wildman–Crippen LogP) is 2.54. The molecule has 0 aliphatic heterocycles. The molecular formula is C16H14BrN3O4. The number of nitrogens with one attached hydrogen (secondary N) is 3. The van der Waals surface area contributed by atoms with Crippen LogP contribution in [0.3, 0.4) is 0 Å². The van der Waals surface area contributed by atoms with Crippen molar-refractivity contribution in [1.82, 2.24) is 15.8 Å². The summed E-state index contributed by atoms with van der Waals surface area (Å²) in [5.41, 5.74) is 6.42. The Morgan fingerprint density at radius 2 is 2.12 bits per heavy atom. The first kappa shape index (κ1) is 16.1. The van der Waals surface area contributed by atoms with Crippen molar-refractivity contribution in [1.29, 1.82) is 0 Å². The summed E-state index contributed by atoms with van der Waals surface area (Å²) in [6.07, 6.45) is 3.23. The van der Waals surface area contributed by atoms with Gasteiger partial charge in [-0.1, -0.05) is 0 Å². The van der Waals surface area contributed by atoms with E-state index in [2.05, 4.69) is 31.8 Å². The Labute approximate surface area is 145 Å². The van der Waals surface area contributed by atoms with Gasteiger partial charge in [0.2, 0.25) is 5.91 Å². The fraction of sp³-hybridized carbons (Fsp3) is 0.125. The highest BCUT2D eigenvalue weighted by Crippen LogP contribution is 2.25. The fourth-order valence-corrected chi connectivity index (χ4v) is 2.58. The number of carbonyl (C=O) groups excluding carboxylic acids is 2. The van der Waals surface area contributed by atoms with E-state index in [4.69, 9.17) is 9.15 Å². The number of halogens is 1. The first-order chi connectivity index (χ1) is 11.6. The molecule has 0 unspecified atom stereocenters. The van der Waals surface area contributed by atoms with Gasteiger partial charge in [0.25, 0.3) is 5.91 Å². The van der Waals surface area contributed by atoms with Crippen LogP contribution in [0.1, 0.15) is 16.1 Å². The standard InChI is InChI=1S/C16H14BrN3O4/c1-23-11-2-3-12-9(8-24-14(12)6-11)4-15(21)19-20-16(22)13-5-10(17)7-18-13/h2-3,5-8,18H,4H2,1H3,(H,19,21)(H,20,22). The van der Waals surface area contributed by atoms with Gasteiger partial charge >= 0.3 is 0 Å². The number of fused-ring (bicyclic) bond motifs is 1. The fourth-order valence-electron chi connectivity index (χ4n) is 2.24. The molecule has 0 aliphatic rings. The smallest absolute Gasteiger partial charge is 0.286 e. The number of hydrogen-bond acceptors (Lipinski definition) is 4. The summed E-state index contributed by atoms with van der Waals surface area (Å²) >= 11 is 3.24. The number of aromatic nitrogens is 1. The van der Waals surface area contributed by atoms with Gasteiger partial charge < -0.3 is 14.1 Å². The molecule has 2 heterocycles. The van der Waals surface area contributed by atoms with Crippen molar-refractivity contribution in [3.05, 3.63) is 52.5 Å². The lowest BCUT2D eigenvalue weighted by molar-refractivity contribution is -0.121. The maximum absolute atomic E-state index is 12.0. The molecule has 0 radical (unpaired) electrons. The third-order valence-corrected chi connectivity index (χ3v) is 3.88. The van der Waals surface area contributed by atoms with E-state index in [1.54, 1.807) is 31.5 Å². The van der Waals surface area contributed by atoms with Crippen molar-refractivity contribution >= 4 is 38.7 Å². The molecule has 8 heteroatoms. The van der Waals surface area contributed by atoms with Crippen LogP contribution in [0.5, 0.6) is 5.75 Å². The molecule has 7 nitrogen and oxygen atoms in total. The minimum atomic E-state index is -0.434. The van der Waals surface area contributed by atoms with Gasteiger partial charge in [-0.2, -0.15) is 0 Å². The van der Waals surface area contributed by atoms with Crippen LogP contribution in [-0.4, -0.2) is 23.9 Å². The van der Waals surface area contributed by atoms with Crippen molar-refractivity contribution in [2.24, 2.45) is 0 Å². The van der Waals surface area contributed by atoms with Crippen molar-refractivity contribution in [2.45, 2.75) is 6.42 Å². The number of hydrogen-bond donors (Lipinski definition) is 3. The summed E-state index contributed by atoms with van der Waals surface area (Å²) in [6.45, 7) is 0. The first-order valence-corrected chi connectivity index (χ1v) is 7.83. The van der Waals surface area contributed by atoms with Crippen LogP contribution in [0.4, 0.5) is 0 Å². The highest BCUT2D eigenvalue weighted by molar-refractivity contribution is 9.10. The van der Waals surface area contributed by atoms with E-state index in [1.807, 2.05) is 6.07 Å². The van der Waals surface area contributed by atoms with Gasteiger partial charge in [-0.25, -0.2) is 0 Å². The third-order valence-electron chi connectivity index (χ3n) is 3.42. The second kappa shape index (κ2) is 6.79. The Morgan fingerprint density at radius 1 is 1.29 bits per heavy atom. The van der Waals surface area contributed by atoms with E-state index in [-0.39, 0.29) is 12.3 Å². The molecule has 3 N–H and O–H groups in total. The number of rotatable bonds is 4. The number of amides is 2. The zero-order valence-electron chi connectivity index (χ0n) is 12.7. The maximum atomic E-state index is 12.0. The Hall–Kier alpha value is -2.74. The lowest BCUT2D eigenvalue weighted by atomic mass is 10.1. The van der Waals surface area contributed by atoms with Crippen LogP contribution in [0.2, 0.25) is 0 Å². The minimum absolute atomic E-state index is 0.0774. The SMILES string of the molecule is COc1ccc2c(CC(=O)NNC(=O)c3cc(Br)c[nH]3)coc2c1. The summed E-state index contributed by atoms with van der Waals surface area (Å²) in [6, 6.07) is 6.99. The third kappa shape index (κ3) is 3.43. The topological polar surface area (TPSA) is 96.4 Å². The number of hydrazine groups is 1. The minimum Gasteiger partial charge on any atom is -0.497 e.